The normalized spacial score (nSPS) is 11.1. The summed E-state index contributed by atoms with van der Waals surface area (Å²) in [4.78, 5) is 14.1. The molecule has 3 aromatic carbocycles. The van der Waals surface area contributed by atoms with Crippen molar-refractivity contribution in [1.82, 2.24) is 20.3 Å². The van der Waals surface area contributed by atoms with Crippen molar-refractivity contribution in [3.05, 3.63) is 81.3 Å². The third-order valence-electron chi connectivity index (χ3n) is 5.17. The number of amides is 1. The lowest BCUT2D eigenvalue weighted by Crippen LogP contribution is -2.34. The molecule has 0 aliphatic carbocycles. The maximum absolute atomic E-state index is 12.5. The molecular formula is C24H21Cl2N5OS. The Kier molecular flexibility index (Phi) is 6.65. The van der Waals surface area contributed by atoms with E-state index in [0.29, 0.717) is 27.0 Å². The van der Waals surface area contributed by atoms with Gasteiger partial charge in [-0.2, -0.15) is 4.80 Å². The Hall–Kier alpha value is -3.00. The van der Waals surface area contributed by atoms with Gasteiger partial charge < -0.3 is 5.32 Å². The van der Waals surface area contributed by atoms with Crippen LogP contribution in [0.5, 0.6) is 0 Å². The summed E-state index contributed by atoms with van der Waals surface area (Å²) in [6, 6.07) is 16.6. The number of carbonyl (C=O) groups excluding carboxylic acids is 1. The van der Waals surface area contributed by atoms with Crippen molar-refractivity contribution in [2.24, 2.45) is 0 Å². The number of aromatic nitrogens is 3. The highest BCUT2D eigenvalue weighted by atomic mass is 35.5. The van der Waals surface area contributed by atoms with Gasteiger partial charge in [-0.05, 0) is 78.7 Å². The van der Waals surface area contributed by atoms with Crippen molar-refractivity contribution in [2.45, 2.75) is 26.7 Å². The van der Waals surface area contributed by atoms with Gasteiger partial charge >= 0.3 is 0 Å². The van der Waals surface area contributed by atoms with Crippen LogP contribution in [0.15, 0.2) is 54.6 Å². The van der Waals surface area contributed by atoms with Crippen LogP contribution >= 0.6 is 35.4 Å². The maximum Gasteiger partial charge on any atom is 0.257 e. The minimum absolute atomic E-state index is 0.158. The van der Waals surface area contributed by atoms with E-state index < -0.39 is 0 Å². The molecule has 0 aliphatic heterocycles. The molecule has 168 valence electrons. The molecule has 0 fully saturated rings. The Morgan fingerprint density at radius 2 is 1.64 bits per heavy atom. The highest BCUT2D eigenvalue weighted by Crippen LogP contribution is 2.24. The molecule has 1 aromatic heterocycles. The number of carbonyl (C=O) groups is 1. The van der Waals surface area contributed by atoms with Crippen molar-refractivity contribution in [3.8, 4) is 5.69 Å². The fourth-order valence-corrected chi connectivity index (χ4v) is 3.78. The number of nitrogens with one attached hydrogen (secondary N) is 2. The number of hydrogen-bond acceptors (Lipinski definition) is 4. The van der Waals surface area contributed by atoms with Crippen LogP contribution in [-0.4, -0.2) is 26.0 Å². The highest BCUT2D eigenvalue weighted by molar-refractivity contribution is 7.80. The Labute approximate surface area is 206 Å². The smallest absolute Gasteiger partial charge is 0.257 e. The van der Waals surface area contributed by atoms with E-state index in [1.54, 1.807) is 16.9 Å². The van der Waals surface area contributed by atoms with Crippen LogP contribution in [-0.2, 0) is 0 Å². The Balaban J connectivity index is 1.51. The molecular weight excluding hydrogens is 477 g/mol. The third kappa shape index (κ3) is 5.16. The lowest BCUT2D eigenvalue weighted by molar-refractivity contribution is 0.0977. The number of halogens is 2. The molecule has 0 atom stereocenters. The molecule has 9 heteroatoms. The molecule has 1 amide bonds. The van der Waals surface area contributed by atoms with E-state index in [-0.39, 0.29) is 11.0 Å². The quantitative estimate of drug-likeness (QED) is 0.324. The molecule has 33 heavy (non-hydrogen) atoms. The van der Waals surface area contributed by atoms with Gasteiger partial charge in [-0.15, -0.1) is 10.2 Å². The van der Waals surface area contributed by atoms with Crippen molar-refractivity contribution in [2.75, 3.05) is 5.32 Å². The van der Waals surface area contributed by atoms with E-state index in [0.717, 1.165) is 22.5 Å². The Bertz CT molecular complexity index is 1370. The van der Waals surface area contributed by atoms with Gasteiger partial charge in [-0.3, -0.25) is 10.1 Å². The lowest BCUT2D eigenvalue weighted by atomic mass is 10.0. The van der Waals surface area contributed by atoms with E-state index in [1.807, 2.05) is 31.2 Å². The van der Waals surface area contributed by atoms with E-state index in [4.69, 9.17) is 35.4 Å². The van der Waals surface area contributed by atoms with Crippen LogP contribution in [0, 0.1) is 6.92 Å². The topological polar surface area (TPSA) is 71.8 Å². The zero-order chi connectivity index (χ0) is 23.7. The predicted octanol–water partition coefficient (Wildman–Crippen LogP) is 6.29. The summed E-state index contributed by atoms with van der Waals surface area (Å²) in [7, 11) is 0. The molecule has 0 aliphatic rings. The van der Waals surface area contributed by atoms with E-state index in [9.17, 15) is 4.79 Å². The fraction of sp³-hybridized carbons (Fsp3) is 0.167. The van der Waals surface area contributed by atoms with Crippen LogP contribution in [0.25, 0.3) is 16.7 Å². The van der Waals surface area contributed by atoms with Gasteiger partial charge in [0, 0.05) is 11.3 Å². The van der Waals surface area contributed by atoms with Gasteiger partial charge in [0.15, 0.2) is 5.11 Å². The maximum atomic E-state index is 12.5. The first-order valence-electron chi connectivity index (χ1n) is 10.3. The molecule has 4 rings (SSSR count). The fourth-order valence-electron chi connectivity index (χ4n) is 3.28. The largest absolute Gasteiger partial charge is 0.332 e. The molecule has 1 heterocycles. The first kappa shape index (κ1) is 23.2. The van der Waals surface area contributed by atoms with E-state index in [2.05, 4.69) is 46.8 Å². The number of thiocarbonyl (C=S) groups is 1. The molecule has 0 spiro atoms. The number of anilines is 1. The second-order valence-electron chi connectivity index (χ2n) is 7.93. The van der Waals surface area contributed by atoms with Crippen molar-refractivity contribution >= 4 is 63.2 Å². The Morgan fingerprint density at radius 1 is 0.970 bits per heavy atom. The second-order valence-corrected chi connectivity index (χ2v) is 9.15. The second kappa shape index (κ2) is 9.47. The SMILES string of the molecule is Cc1cc2nn(-c3ccc(C(C)C)cc3)nc2cc1NC(=S)NC(=O)c1ccc(Cl)c(Cl)c1. The van der Waals surface area contributed by atoms with Crippen LogP contribution in [0.4, 0.5) is 5.69 Å². The number of hydrogen-bond donors (Lipinski definition) is 2. The molecule has 0 bridgehead atoms. The minimum atomic E-state index is -0.388. The average molecular weight is 498 g/mol. The molecule has 0 radical (unpaired) electrons. The minimum Gasteiger partial charge on any atom is -0.332 e. The summed E-state index contributed by atoms with van der Waals surface area (Å²) >= 11 is 17.2. The van der Waals surface area contributed by atoms with E-state index in [1.165, 1.54) is 11.6 Å². The summed E-state index contributed by atoms with van der Waals surface area (Å²) in [5.74, 6) is 0.0709. The van der Waals surface area contributed by atoms with Gasteiger partial charge in [0.05, 0.1) is 15.7 Å². The third-order valence-corrected chi connectivity index (χ3v) is 6.12. The van der Waals surface area contributed by atoms with Crippen molar-refractivity contribution in [1.29, 1.82) is 0 Å². The number of fused-ring (bicyclic) bond motifs is 1. The molecule has 6 nitrogen and oxygen atoms in total. The molecule has 0 unspecified atom stereocenters. The van der Waals surface area contributed by atoms with Crippen LogP contribution < -0.4 is 10.6 Å². The summed E-state index contributed by atoms with van der Waals surface area (Å²) < 4.78 is 0. The highest BCUT2D eigenvalue weighted by Gasteiger charge is 2.13. The monoisotopic (exact) mass is 497 g/mol. The first-order valence-corrected chi connectivity index (χ1v) is 11.4. The van der Waals surface area contributed by atoms with Crippen LogP contribution in [0.1, 0.15) is 41.3 Å². The molecule has 2 N–H and O–H groups in total. The standard InChI is InChI=1S/C24H21Cl2N5OS/c1-13(2)15-4-7-17(8-5-15)31-29-21-10-14(3)20(12-22(21)30-31)27-24(33)28-23(32)16-6-9-18(25)19(26)11-16/h4-13H,1-3H3,(H2,27,28,32,33). The van der Waals surface area contributed by atoms with Gasteiger partial charge in [0.25, 0.3) is 5.91 Å². The van der Waals surface area contributed by atoms with E-state index >= 15 is 0 Å². The lowest BCUT2D eigenvalue weighted by Gasteiger charge is -2.12. The van der Waals surface area contributed by atoms with Crippen molar-refractivity contribution < 1.29 is 4.79 Å². The Morgan fingerprint density at radius 3 is 2.27 bits per heavy atom. The van der Waals surface area contributed by atoms with Crippen LogP contribution in [0.2, 0.25) is 10.0 Å². The zero-order valence-corrected chi connectivity index (χ0v) is 20.5. The van der Waals surface area contributed by atoms with Crippen molar-refractivity contribution in [3.63, 3.8) is 0 Å². The van der Waals surface area contributed by atoms with Gasteiger partial charge in [0.2, 0.25) is 0 Å². The number of rotatable bonds is 4. The number of benzene rings is 3. The first-order chi connectivity index (χ1) is 15.7. The predicted molar refractivity (Wildman–Crippen MR) is 138 cm³/mol. The summed E-state index contributed by atoms with van der Waals surface area (Å²) in [5.41, 5.74) is 5.60. The summed E-state index contributed by atoms with van der Waals surface area (Å²) in [6.07, 6.45) is 0. The number of aryl methyl sites for hydroxylation is 1. The molecule has 0 saturated carbocycles. The molecule has 0 saturated heterocycles. The molecule has 4 aromatic rings. The average Bonchev–Trinajstić information content (AvgIpc) is 3.18. The van der Waals surface area contributed by atoms with Crippen LogP contribution in [0.3, 0.4) is 0 Å². The summed E-state index contributed by atoms with van der Waals surface area (Å²) in [6.45, 7) is 6.25. The van der Waals surface area contributed by atoms with Gasteiger partial charge in [0.1, 0.15) is 11.0 Å². The summed E-state index contributed by atoms with van der Waals surface area (Å²) in [5, 5.41) is 15.7. The van der Waals surface area contributed by atoms with Gasteiger partial charge in [-0.1, -0.05) is 49.2 Å². The zero-order valence-electron chi connectivity index (χ0n) is 18.2. The number of nitrogens with zero attached hydrogens (tertiary/aromatic N) is 3. The van der Waals surface area contributed by atoms with Gasteiger partial charge in [-0.25, -0.2) is 0 Å².